The van der Waals surface area contributed by atoms with Crippen molar-refractivity contribution in [2.45, 2.75) is 12.3 Å². The average molecular weight is 397 g/mol. The maximum absolute atomic E-state index is 13.4. The van der Waals surface area contributed by atoms with Crippen molar-refractivity contribution in [2.75, 3.05) is 20.8 Å². The highest BCUT2D eigenvalue weighted by molar-refractivity contribution is 6.00. The predicted octanol–water partition coefficient (Wildman–Crippen LogP) is 3.09. The predicted molar refractivity (Wildman–Crippen MR) is 103 cm³/mol. The monoisotopic (exact) mass is 397 g/mol. The van der Waals surface area contributed by atoms with Crippen LogP contribution in [0.1, 0.15) is 27.7 Å². The minimum Gasteiger partial charge on any atom is -0.508 e. The molecule has 2 heterocycles. The van der Waals surface area contributed by atoms with E-state index < -0.39 is 12.3 Å². The van der Waals surface area contributed by atoms with Gasteiger partial charge in [0, 0.05) is 25.3 Å². The largest absolute Gasteiger partial charge is 0.508 e. The molecule has 4 rings (SSSR count). The summed E-state index contributed by atoms with van der Waals surface area (Å²) in [5.74, 6) is -0.461. The molecule has 7 nitrogen and oxygen atoms in total. The number of phenolic OH excluding ortho intramolecular Hbond substituents is 1. The van der Waals surface area contributed by atoms with Crippen molar-refractivity contribution in [3.8, 4) is 17.0 Å². The zero-order valence-corrected chi connectivity index (χ0v) is 15.9. The zero-order valence-electron chi connectivity index (χ0n) is 15.9. The number of halogens is 1. The quantitative estimate of drug-likeness (QED) is 0.624. The number of nitrogens with one attached hydrogen (secondary N) is 1. The third kappa shape index (κ3) is 3.37. The molecule has 0 radical (unpaired) electrons. The Hall–Kier alpha value is -3.23. The van der Waals surface area contributed by atoms with Crippen molar-refractivity contribution in [3.05, 3.63) is 71.2 Å². The maximum Gasteiger partial charge on any atom is 0.273 e. The van der Waals surface area contributed by atoms with Gasteiger partial charge in [-0.25, -0.2) is 4.39 Å². The fourth-order valence-corrected chi connectivity index (χ4v) is 3.62. The highest BCUT2D eigenvalue weighted by atomic mass is 19.1. The minimum absolute atomic E-state index is 0.127. The average Bonchev–Trinajstić information content (AvgIpc) is 3.27. The number of aromatic nitrogens is 2. The number of benzene rings is 2. The third-order valence-electron chi connectivity index (χ3n) is 5.06. The lowest BCUT2D eigenvalue weighted by atomic mass is 9.96. The molecular formula is C21H20FN3O4. The van der Waals surface area contributed by atoms with Crippen molar-refractivity contribution >= 4 is 5.91 Å². The standard InChI is InChI=1S/C21H20FN3O4/c1-28-16(29-2)11-25-20(13-5-9-15(26)10-6-13)17-18(23-24-19(17)21(25)27)12-3-7-14(22)8-4-12/h3-10,16,20,26H,11H2,1-2H3,(H,23,24). The molecule has 0 saturated carbocycles. The number of nitrogens with zero attached hydrogens (tertiary/aromatic N) is 2. The molecule has 2 aromatic carbocycles. The summed E-state index contributed by atoms with van der Waals surface area (Å²) in [6.45, 7) is 0.197. The number of hydrogen-bond acceptors (Lipinski definition) is 5. The number of carbonyl (C=O) groups is 1. The molecule has 1 amide bonds. The summed E-state index contributed by atoms with van der Waals surface area (Å²) in [5.41, 5.74) is 3.12. The van der Waals surface area contributed by atoms with Gasteiger partial charge in [0.05, 0.1) is 18.3 Å². The number of phenols is 1. The lowest BCUT2D eigenvalue weighted by molar-refractivity contribution is -0.113. The number of H-pyrrole nitrogens is 1. The summed E-state index contributed by atoms with van der Waals surface area (Å²) in [6.07, 6.45) is -0.607. The molecule has 0 bridgehead atoms. The van der Waals surface area contributed by atoms with Crippen molar-refractivity contribution < 1.29 is 23.8 Å². The maximum atomic E-state index is 13.4. The molecule has 1 aliphatic rings. The van der Waals surface area contributed by atoms with Gasteiger partial charge in [-0.3, -0.25) is 9.89 Å². The number of aromatic amines is 1. The van der Waals surface area contributed by atoms with Crippen LogP contribution in [-0.2, 0) is 9.47 Å². The van der Waals surface area contributed by atoms with Crippen LogP contribution in [0.5, 0.6) is 5.75 Å². The van der Waals surface area contributed by atoms with E-state index in [1.54, 1.807) is 41.3 Å². The van der Waals surface area contributed by atoms with E-state index in [4.69, 9.17) is 9.47 Å². The highest BCUT2D eigenvalue weighted by Gasteiger charge is 2.43. The van der Waals surface area contributed by atoms with E-state index in [1.807, 2.05) is 0 Å². The number of amides is 1. The number of aromatic hydroxyl groups is 1. The lowest BCUT2D eigenvalue weighted by Gasteiger charge is -2.29. The van der Waals surface area contributed by atoms with Crippen LogP contribution in [0.25, 0.3) is 11.3 Å². The van der Waals surface area contributed by atoms with Gasteiger partial charge in [0.25, 0.3) is 5.91 Å². The Morgan fingerprint density at radius 2 is 1.79 bits per heavy atom. The Bertz CT molecular complexity index is 1010. The normalized spacial score (nSPS) is 15.9. The van der Waals surface area contributed by atoms with Crippen LogP contribution in [0, 0.1) is 5.82 Å². The highest BCUT2D eigenvalue weighted by Crippen LogP contribution is 2.43. The number of methoxy groups -OCH3 is 2. The molecule has 3 aromatic rings. The Kier molecular flexibility index (Phi) is 5.04. The summed E-state index contributed by atoms with van der Waals surface area (Å²) >= 11 is 0. The summed E-state index contributed by atoms with van der Waals surface area (Å²) in [4.78, 5) is 14.8. The van der Waals surface area contributed by atoms with E-state index in [0.29, 0.717) is 22.5 Å². The molecule has 150 valence electrons. The number of hydrogen-bond donors (Lipinski definition) is 2. The van der Waals surface area contributed by atoms with E-state index in [0.717, 1.165) is 5.56 Å². The number of carbonyl (C=O) groups excluding carboxylic acids is 1. The Balaban J connectivity index is 1.84. The zero-order chi connectivity index (χ0) is 20.5. The minimum atomic E-state index is -0.607. The smallest absolute Gasteiger partial charge is 0.273 e. The number of fused-ring (bicyclic) bond motifs is 1. The Morgan fingerprint density at radius 1 is 1.14 bits per heavy atom. The fourth-order valence-electron chi connectivity index (χ4n) is 3.62. The van der Waals surface area contributed by atoms with E-state index >= 15 is 0 Å². The summed E-state index contributed by atoms with van der Waals surface area (Å²) in [7, 11) is 3.02. The van der Waals surface area contributed by atoms with Gasteiger partial charge in [0.2, 0.25) is 0 Å². The summed E-state index contributed by atoms with van der Waals surface area (Å²) in [6, 6.07) is 12.1. The number of rotatable bonds is 6. The Morgan fingerprint density at radius 3 is 2.41 bits per heavy atom. The van der Waals surface area contributed by atoms with Gasteiger partial charge in [0.15, 0.2) is 6.29 Å². The molecule has 1 aromatic heterocycles. The van der Waals surface area contributed by atoms with Gasteiger partial charge in [0.1, 0.15) is 17.3 Å². The SMILES string of the molecule is COC(CN1C(=O)c2[nH]nc(-c3ccc(F)cc3)c2C1c1ccc(O)cc1)OC. The van der Waals surface area contributed by atoms with E-state index in [1.165, 1.54) is 26.4 Å². The molecular weight excluding hydrogens is 377 g/mol. The molecule has 1 atom stereocenters. The molecule has 29 heavy (non-hydrogen) atoms. The fraction of sp³-hybridized carbons (Fsp3) is 0.238. The molecule has 2 N–H and O–H groups in total. The Labute approximate surface area is 166 Å². The van der Waals surface area contributed by atoms with Gasteiger partial charge in [-0.05, 0) is 42.0 Å². The lowest BCUT2D eigenvalue weighted by Crippen LogP contribution is -2.38. The topological polar surface area (TPSA) is 87.7 Å². The summed E-state index contributed by atoms with van der Waals surface area (Å²) < 4.78 is 24.0. The van der Waals surface area contributed by atoms with Crippen molar-refractivity contribution in [2.24, 2.45) is 0 Å². The third-order valence-corrected chi connectivity index (χ3v) is 5.06. The molecule has 1 aliphatic heterocycles. The van der Waals surface area contributed by atoms with E-state index in [2.05, 4.69) is 10.2 Å². The van der Waals surface area contributed by atoms with Crippen LogP contribution in [-0.4, -0.2) is 53.2 Å². The van der Waals surface area contributed by atoms with Crippen molar-refractivity contribution in [3.63, 3.8) is 0 Å². The number of ether oxygens (including phenoxy) is 2. The van der Waals surface area contributed by atoms with E-state index in [9.17, 15) is 14.3 Å². The van der Waals surface area contributed by atoms with Crippen LogP contribution < -0.4 is 0 Å². The molecule has 0 saturated heterocycles. The second kappa shape index (κ2) is 7.65. The first-order valence-electron chi connectivity index (χ1n) is 9.03. The molecule has 0 fully saturated rings. The van der Waals surface area contributed by atoms with Gasteiger partial charge in [-0.1, -0.05) is 12.1 Å². The van der Waals surface area contributed by atoms with Crippen LogP contribution in [0.4, 0.5) is 4.39 Å². The van der Waals surface area contributed by atoms with Gasteiger partial charge in [-0.2, -0.15) is 5.10 Å². The first-order valence-corrected chi connectivity index (χ1v) is 9.03. The van der Waals surface area contributed by atoms with Gasteiger partial charge in [-0.15, -0.1) is 0 Å². The summed E-state index contributed by atoms with van der Waals surface area (Å²) in [5, 5.41) is 16.8. The second-order valence-corrected chi connectivity index (χ2v) is 6.72. The molecule has 1 unspecified atom stereocenters. The molecule has 8 heteroatoms. The second-order valence-electron chi connectivity index (χ2n) is 6.72. The van der Waals surface area contributed by atoms with Crippen molar-refractivity contribution in [1.29, 1.82) is 0 Å². The van der Waals surface area contributed by atoms with Crippen LogP contribution >= 0.6 is 0 Å². The first kappa shape index (κ1) is 19.1. The molecule has 0 aliphatic carbocycles. The van der Waals surface area contributed by atoms with Crippen LogP contribution in [0.15, 0.2) is 48.5 Å². The molecule has 0 spiro atoms. The van der Waals surface area contributed by atoms with Crippen molar-refractivity contribution in [1.82, 2.24) is 15.1 Å². The van der Waals surface area contributed by atoms with Crippen LogP contribution in [0.2, 0.25) is 0 Å². The van der Waals surface area contributed by atoms with Gasteiger partial charge < -0.3 is 19.5 Å². The van der Waals surface area contributed by atoms with Gasteiger partial charge >= 0.3 is 0 Å². The first-order chi connectivity index (χ1) is 14.0. The van der Waals surface area contributed by atoms with Crippen LogP contribution in [0.3, 0.4) is 0 Å². The van der Waals surface area contributed by atoms with E-state index in [-0.39, 0.29) is 24.0 Å².